The molecule has 0 aliphatic carbocycles. The Kier molecular flexibility index (Phi) is 5.79. The molecule has 0 aliphatic rings. The minimum Gasteiger partial charge on any atom is -0.331 e. The van der Waals surface area contributed by atoms with E-state index in [-0.39, 0.29) is 16.5 Å². The standard InChI is InChI=1S/C15H15N5O4S/c1-2-10-5-3-4-6-12(10)16-15(25)18-17-13-8-7-11(19(21)22)9-14(13)20(23)24/h3-9,17H,2H2,1H3,(H2,16,18,25). The van der Waals surface area contributed by atoms with Gasteiger partial charge in [0.2, 0.25) is 0 Å². The molecule has 0 radical (unpaired) electrons. The zero-order valence-electron chi connectivity index (χ0n) is 13.2. The number of nitro benzene ring substituents is 2. The van der Waals surface area contributed by atoms with E-state index in [1.807, 2.05) is 31.2 Å². The number of non-ortho nitro benzene ring substituents is 1. The van der Waals surface area contributed by atoms with Gasteiger partial charge >= 0.3 is 5.69 Å². The number of para-hydroxylation sites is 1. The molecular formula is C15H15N5O4S. The van der Waals surface area contributed by atoms with Crippen molar-refractivity contribution >= 4 is 40.1 Å². The second-order valence-corrected chi connectivity index (χ2v) is 5.34. The molecule has 0 aliphatic heterocycles. The summed E-state index contributed by atoms with van der Waals surface area (Å²) in [5.74, 6) is 0. The summed E-state index contributed by atoms with van der Waals surface area (Å²) in [6.45, 7) is 2.01. The summed E-state index contributed by atoms with van der Waals surface area (Å²) in [5.41, 5.74) is 6.38. The zero-order valence-corrected chi connectivity index (χ0v) is 14.0. The average molecular weight is 361 g/mol. The van der Waals surface area contributed by atoms with Crippen LogP contribution in [0.1, 0.15) is 12.5 Å². The summed E-state index contributed by atoms with van der Waals surface area (Å²) in [4.78, 5) is 20.4. The van der Waals surface area contributed by atoms with Crippen LogP contribution in [-0.2, 0) is 6.42 Å². The van der Waals surface area contributed by atoms with E-state index in [0.29, 0.717) is 0 Å². The molecule has 2 aromatic rings. The number of aryl methyl sites for hydroxylation is 1. The highest BCUT2D eigenvalue weighted by Gasteiger charge is 2.19. The molecule has 0 fully saturated rings. The van der Waals surface area contributed by atoms with Crippen molar-refractivity contribution in [2.45, 2.75) is 13.3 Å². The number of nitro groups is 2. The predicted octanol–water partition coefficient (Wildman–Crippen LogP) is 3.38. The van der Waals surface area contributed by atoms with Crippen molar-refractivity contribution in [3.05, 3.63) is 68.3 Å². The molecule has 2 rings (SSSR count). The van der Waals surface area contributed by atoms with Crippen molar-refractivity contribution in [2.75, 3.05) is 10.7 Å². The van der Waals surface area contributed by atoms with Crippen LogP contribution in [0, 0.1) is 20.2 Å². The normalized spacial score (nSPS) is 9.96. The number of hydrogen-bond acceptors (Lipinski definition) is 6. The van der Waals surface area contributed by atoms with Crippen molar-refractivity contribution in [3.63, 3.8) is 0 Å². The number of thiocarbonyl (C=S) groups is 1. The Balaban J connectivity index is 2.09. The molecule has 0 spiro atoms. The van der Waals surface area contributed by atoms with Gasteiger partial charge in [0.1, 0.15) is 5.69 Å². The van der Waals surface area contributed by atoms with Crippen LogP contribution in [0.4, 0.5) is 22.7 Å². The third kappa shape index (κ3) is 4.61. The van der Waals surface area contributed by atoms with Crippen molar-refractivity contribution in [2.24, 2.45) is 0 Å². The SMILES string of the molecule is CCc1ccccc1NC(=S)NNc1ccc([N+](=O)[O-])cc1[N+](=O)[O-]. The van der Waals surface area contributed by atoms with E-state index in [4.69, 9.17) is 12.2 Å². The minimum absolute atomic E-state index is 0.0588. The topological polar surface area (TPSA) is 122 Å². The Morgan fingerprint density at radius 3 is 2.44 bits per heavy atom. The number of rotatable bonds is 6. The summed E-state index contributed by atoms with van der Waals surface area (Å²) in [6.07, 6.45) is 0.813. The summed E-state index contributed by atoms with van der Waals surface area (Å²) < 4.78 is 0. The molecule has 0 amide bonds. The van der Waals surface area contributed by atoms with E-state index in [2.05, 4.69) is 16.2 Å². The molecule has 9 nitrogen and oxygen atoms in total. The Labute approximate surface area is 148 Å². The molecule has 0 unspecified atom stereocenters. The van der Waals surface area contributed by atoms with E-state index in [9.17, 15) is 20.2 Å². The van der Waals surface area contributed by atoms with Crippen molar-refractivity contribution < 1.29 is 9.85 Å². The molecule has 10 heteroatoms. The Bertz CT molecular complexity index is 827. The van der Waals surface area contributed by atoms with Crippen molar-refractivity contribution in [1.82, 2.24) is 5.43 Å². The first kappa shape index (κ1) is 18.1. The second kappa shape index (κ2) is 8.02. The number of benzene rings is 2. The third-order valence-electron chi connectivity index (χ3n) is 3.35. The fraction of sp³-hybridized carbons (Fsp3) is 0.133. The highest BCUT2D eigenvalue weighted by Crippen LogP contribution is 2.28. The third-order valence-corrected chi connectivity index (χ3v) is 3.55. The summed E-state index contributed by atoms with van der Waals surface area (Å²) in [6, 6.07) is 10.9. The van der Waals surface area contributed by atoms with Crippen molar-refractivity contribution in [3.8, 4) is 0 Å². The lowest BCUT2D eigenvalue weighted by Gasteiger charge is -2.14. The monoisotopic (exact) mass is 361 g/mol. The molecule has 0 heterocycles. The summed E-state index contributed by atoms with van der Waals surface area (Å²) in [5, 5.41) is 25.0. The van der Waals surface area contributed by atoms with Gasteiger partial charge in [-0.1, -0.05) is 25.1 Å². The fourth-order valence-electron chi connectivity index (χ4n) is 2.12. The molecule has 0 atom stereocenters. The Hall–Kier alpha value is -3.27. The lowest BCUT2D eigenvalue weighted by Crippen LogP contribution is -2.33. The van der Waals surface area contributed by atoms with Gasteiger partial charge in [0.25, 0.3) is 5.69 Å². The van der Waals surface area contributed by atoms with Crippen LogP contribution < -0.4 is 16.2 Å². The first-order chi connectivity index (χ1) is 11.9. The summed E-state index contributed by atoms with van der Waals surface area (Å²) >= 11 is 5.16. The largest absolute Gasteiger partial charge is 0.331 e. The lowest BCUT2D eigenvalue weighted by atomic mass is 10.1. The van der Waals surface area contributed by atoms with Crippen LogP contribution in [0.5, 0.6) is 0 Å². The van der Waals surface area contributed by atoms with Crippen LogP contribution in [0.15, 0.2) is 42.5 Å². The highest BCUT2D eigenvalue weighted by molar-refractivity contribution is 7.80. The van der Waals surface area contributed by atoms with Gasteiger partial charge in [-0.2, -0.15) is 0 Å². The number of hydrogen-bond donors (Lipinski definition) is 3. The summed E-state index contributed by atoms with van der Waals surface area (Å²) in [7, 11) is 0. The quantitative estimate of drug-likeness (QED) is 0.406. The number of nitrogens with zero attached hydrogens (tertiary/aromatic N) is 2. The van der Waals surface area contributed by atoms with Crippen LogP contribution >= 0.6 is 12.2 Å². The smallest absolute Gasteiger partial charge is 0.300 e. The number of hydrazine groups is 1. The van der Waals surface area contributed by atoms with Crippen LogP contribution in [0.2, 0.25) is 0 Å². The molecule has 2 aromatic carbocycles. The maximum Gasteiger partial charge on any atom is 0.300 e. The molecule has 0 saturated heterocycles. The van der Waals surface area contributed by atoms with Gasteiger partial charge in [-0.25, -0.2) is 0 Å². The molecular weight excluding hydrogens is 346 g/mol. The molecule has 25 heavy (non-hydrogen) atoms. The first-order valence-electron chi connectivity index (χ1n) is 7.26. The number of anilines is 2. The maximum atomic E-state index is 11.1. The van der Waals surface area contributed by atoms with Crippen LogP contribution in [-0.4, -0.2) is 15.0 Å². The Morgan fingerprint density at radius 2 is 1.80 bits per heavy atom. The zero-order chi connectivity index (χ0) is 18.4. The van der Waals surface area contributed by atoms with Gasteiger partial charge in [0.05, 0.1) is 15.9 Å². The fourth-order valence-corrected chi connectivity index (χ4v) is 2.28. The van der Waals surface area contributed by atoms with Crippen molar-refractivity contribution in [1.29, 1.82) is 0 Å². The van der Waals surface area contributed by atoms with Crippen LogP contribution in [0.3, 0.4) is 0 Å². The first-order valence-corrected chi connectivity index (χ1v) is 7.67. The molecule has 0 aromatic heterocycles. The van der Waals surface area contributed by atoms with Gasteiger partial charge in [-0.15, -0.1) is 0 Å². The van der Waals surface area contributed by atoms with E-state index in [1.165, 1.54) is 12.1 Å². The van der Waals surface area contributed by atoms with Gasteiger partial charge in [0, 0.05) is 11.8 Å². The van der Waals surface area contributed by atoms with Gasteiger partial charge in [-0.05, 0) is 36.3 Å². The van der Waals surface area contributed by atoms with E-state index >= 15 is 0 Å². The number of nitrogens with one attached hydrogen (secondary N) is 3. The molecule has 3 N–H and O–H groups in total. The maximum absolute atomic E-state index is 11.1. The van der Waals surface area contributed by atoms with Gasteiger partial charge in [0.15, 0.2) is 5.11 Å². The minimum atomic E-state index is -0.708. The van der Waals surface area contributed by atoms with E-state index in [0.717, 1.165) is 23.7 Å². The molecule has 0 saturated carbocycles. The predicted molar refractivity (Wildman–Crippen MR) is 98.5 cm³/mol. The molecule has 130 valence electrons. The van der Waals surface area contributed by atoms with Gasteiger partial charge < -0.3 is 5.32 Å². The van der Waals surface area contributed by atoms with Gasteiger partial charge in [-0.3, -0.25) is 31.1 Å². The average Bonchev–Trinajstić information content (AvgIpc) is 2.60. The molecule has 0 bridgehead atoms. The second-order valence-electron chi connectivity index (χ2n) is 4.93. The Morgan fingerprint density at radius 1 is 1.08 bits per heavy atom. The van der Waals surface area contributed by atoms with E-state index < -0.39 is 15.5 Å². The highest BCUT2D eigenvalue weighted by atomic mass is 32.1. The van der Waals surface area contributed by atoms with E-state index in [1.54, 1.807) is 0 Å². The van der Waals surface area contributed by atoms with Crippen LogP contribution in [0.25, 0.3) is 0 Å². The lowest BCUT2D eigenvalue weighted by molar-refractivity contribution is -0.393.